The topological polar surface area (TPSA) is 48.2 Å². The number of alkyl halides is 3. The molecule has 1 N–H and O–H groups in total. The molecule has 1 unspecified atom stereocenters. The molecule has 100 valence electrons. The summed E-state index contributed by atoms with van der Waals surface area (Å²) in [5.74, 6) is 0.810. The Morgan fingerprint density at radius 3 is 2.74 bits per heavy atom. The van der Waals surface area contributed by atoms with Gasteiger partial charge in [-0.3, -0.25) is 4.99 Å². The van der Waals surface area contributed by atoms with Gasteiger partial charge in [-0.25, -0.2) is 0 Å². The average molecular weight is 285 g/mol. The van der Waals surface area contributed by atoms with Crippen LogP contribution < -0.4 is 5.32 Å². The molecular weight excluding hydrogens is 275 g/mol. The molecule has 1 atom stereocenters. The Labute approximate surface area is 112 Å². The summed E-state index contributed by atoms with van der Waals surface area (Å²) in [6, 6.07) is 5.25. The van der Waals surface area contributed by atoms with Crippen molar-refractivity contribution in [2.24, 2.45) is 4.99 Å². The first-order valence-corrected chi connectivity index (χ1v) is 6.47. The van der Waals surface area contributed by atoms with Gasteiger partial charge in [-0.05, 0) is 25.1 Å². The normalized spacial score (nSPS) is 18.9. The third kappa shape index (κ3) is 3.20. The van der Waals surface area contributed by atoms with Crippen LogP contribution in [0, 0.1) is 11.3 Å². The zero-order valence-electron chi connectivity index (χ0n) is 9.95. The van der Waals surface area contributed by atoms with Crippen molar-refractivity contribution in [1.82, 2.24) is 0 Å². The molecule has 3 nitrogen and oxygen atoms in total. The average Bonchev–Trinajstić information content (AvgIpc) is 2.73. The SMILES string of the molecule is CC1CSC(Nc2ccc(C#N)c(C(F)(F)F)c2)=N1. The van der Waals surface area contributed by atoms with E-state index >= 15 is 0 Å². The van der Waals surface area contributed by atoms with Gasteiger partial charge in [0.2, 0.25) is 0 Å². The van der Waals surface area contributed by atoms with Gasteiger partial charge in [0.05, 0.1) is 23.2 Å². The first-order chi connectivity index (χ1) is 8.90. The monoisotopic (exact) mass is 285 g/mol. The van der Waals surface area contributed by atoms with Gasteiger partial charge in [-0.1, -0.05) is 11.8 Å². The summed E-state index contributed by atoms with van der Waals surface area (Å²) in [7, 11) is 0. The Balaban J connectivity index is 2.29. The van der Waals surface area contributed by atoms with Crippen molar-refractivity contribution in [2.75, 3.05) is 11.1 Å². The highest BCUT2D eigenvalue weighted by Crippen LogP contribution is 2.34. The molecule has 1 aliphatic heterocycles. The van der Waals surface area contributed by atoms with Crippen molar-refractivity contribution < 1.29 is 13.2 Å². The number of aliphatic imine (C=N–C) groups is 1. The predicted octanol–water partition coefficient (Wildman–Crippen LogP) is 3.48. The molecule has 19 heavy (non-hydrogen) atoms. The standard InChI is InChI=1S/C12H10F3N3S/c1-7-6-19-11(17-7)18-9-3-2-8(5-16)10(4-9)12(13,14)15/h2-4,7H,6H2,1H3,(H,17,18). The number of halogens is 3. The highest BCUT2D eigenvalue weighted by molar-refractivity contribution is 8.14. The number of nitrogens with one attached hydrogen (secondary N) is 1. The number of benzene rings is 1. The largest absolute Gasteiger partial charge is 0.417 e. The van der Waals surface area contributed by atoms with Crippen molar-refractivity contribution >= 4 is 22.6 Å². The molecule has 0 bridgehead atoms. The van der Waals surface area contributed by atoms with E-state index in [1.165, 1.54) is 17.8 Å². The van der Waals surface area contributed by atoms with Crippen LogP contribution in [0.5, 0.6) is 0 Å². The number of nitriles is 1. The van der Waals surface area contributed by atoms with Gasteiger partial charge < -0.3 is 5.32 Å². The van der Waals surface area contributed by atoms with Crippen LogP contribution in [0.1, 0.15) is 18.1 Å². The maximum atomic E-state index is 12.8. The van der Waals surface area contributed by atoms with E-state index in [1.807, 2.05) is 6.92 Å². The molecule has 7 heteroatoms. The Bertz CT molecular complexity index is 560. The van der Waals surface area contributed by atoms with Crippen LogP contribution in [-0.2, 0) is 6.18 Å². The van der Waals surface area contributed by atoms with Crippen molar-refractivity contribution in [3.05, 3.63) is 29.3 Å². The third-order valence-corrected chi connectivity index (χ3v) is 3.63. The minimum Gasteiger partial charge on any atom is -0.335 e. The highest BCUT2D eigenvalue weighted by atomic mass is 32.2. The fourth-order valence-electron chi connectivity index (χ4n) is 1.62. The molecule has 0 radical (unpaired) electrons. The van der Waals surface area contributed by atoms with E-state index in [4.69, 9.17) is 5.26 Å². The van der Waals surface area contributed by atoms with Gasteiger partial charge in [0, 0.05) is 11.4 Å². The van der Waals surface area contributed by atoms with E-state index in [1.54, 1.807) is 6.07 Å². The zero-order chi connectivity index (χ0) is 14.0. The van der Waals surface area contributed by atoms with Crippen molar-refractivity contribution in [3.63, 3.8) is 0 Å². The molecule has 0 saturated carbocycles. The lowest BCUT2D eigenvalue weighted by atomic mass is 10.1. The van der Waals surface area contributed by atoms with Crippen LogP contribution in [-0.4, -0.2) is 17.0 Å². The van der Waals surface area contributed by atoms with Crippen LogP contribution in [0.4, 0.5) is 18.9 Å². The van der Waals surface area contributed by atoms with Crippen molar-refractivity contribution in [1.29, 1.82) is 5.26 Å². The molecule has 0 fully saturated rings. The lowest BCUT2D eigenvalue weighted by Gasteiger charge is -2.11. The van der Waals surface area contributed by atoms with Crippen LogP contribution in [0.15, 0.2) is 23.2 Å². The van der Waals surface area contributed by atoms with E-state index in [2.05, 4.69) is 10.3 Å². The van der Waals surface area contributed by atoms with Gasteiger partial charge in [0.1, 0.15) is 0 Å². The quantitative estimate of drug-likeness (QED) is 0.859. The first-order valence-electron chi connectivity index (χ1n) is 5.49. The van der Waals surface area contributed by atoms with Gasteiger partial charge >= 0.3 is 6.18 Å². The van der Waals surface area contributed by atoms with Crippen molar-refractivity contribution in [2.45, 2.75) is 19.1 Å². The maximum absolute atomic E-state index is 12.8. The number of rotatable bonds is 1. The fraction of sp³-hybridized carbons (Fsp3) is 0.333. The Morgan fingerprint density at radius 1 is 1.47 bits per heavy atom. The highest BCUT2D eigenvalue weighted by Gasteiger charge is 2.34. The number of nitrogens with zero attached hydrogens (tertiary/aromatic N) is 2. The summed E-state index contributed by atoms with van der Waals surface area (Å²) in [6.45, 7) is 1.93. The second-order valence-corrected chi connectivity index (χ2v) is 5.10. The molecule has 0 aliphatic carbocycles. The van der Waals surface area contributed by atoms with Crippen LogP contribution in [0.25, 0.3) is 0 Å². The maximum Gasteiger partial charge on any atom is 0.417 e. The second kappa shape index (κ2) is 5.13. The lowest BCUT2D eigenvalue weighted by Crippen LogP contribution is -2.11. The Kier molecular flexibility index (Phi) is 3.71. The number of hydrogen-bond acceptors (Lipinski definition) is 4. The van der Waals surface area contributed by atoms with Crippen LogP contribution in [0.2, 0.25) is 0 Å². The number of hydrogen-bond donors (Lipinski definition) is 1. The minimum atomic E-state index is -4.54. The lowest BCUT2D eigenvalue weighted by molar-refractivity contribution is -0.137. The van der Waals surface area contributed by atoms with Crippen molar-refractivity contribution in [3.8, 4) is 6.07 Å². The zero-order valence-corrected chi connectivity index (χ0v) is 10.8. The van der Waals surface area contributed by atoms with E-state index in [0.29, 0.717) is 5.17 Å². The third-order valence-electron chi connectivity index (χ3n) is 2.50. The first kappa shape index (κ1) is 13.7. The van der Waals surface area contributed by atoms with Crippen LogP contribution in [0.3, 0.4) is 0 Å². The van der Waals surface area contributed by atoms with Gasteiger partial charge in [-0.2, -0.15) is 18.4 Å². The predicted molar refractivity (Wildman–Crippen MR) is 69.1 cm³/mol. The summed E-state index contributed by atoms with van der Waals surface area (Å²) in [6.07, 6.45) is -4.54. The molecule has 0 spiro atoms. The molecule has 0 aromatic heterocycles. The summed E-state index contributed by atoms with van der Waals surface area (Å²) >= 11 is 1.46. The molecule has 1 aliphatic rings. The summed E-state index contributed by atoms with van der Waals surface area (Å²) in [5.41, 5.74) is -1.03. The van der Waals surface area contributed by atoms with E-state index in [9.17, 15) is 13.2 Å². The fourth-order valence-corrected chi connectivity index (χ4v) is 2.54. The van der Waals surface area contributed by atoms with Gasteiger partial charge in [0.25, 0.3) is 0 Å². The molecular formula is C12H10F3N3S. The molecule has 1 aromatic carbocycles. The van der Waals surface area contributed by atoms with Crippen LogP contribution >= 0.6 is 11.8 Å². The molecule has 0 amide bonds. The number of thioether (sulfide) groups is 1. The summed E-state index contributed by atoms with van der Waals surface area (Å²) < 4.78 is 38.3. The number of amidine groups is 1. The number of anilines is 1. The molecule has 1 heterocycles. The van der Waals surface area contributed by atoms with E-state index < -0.39 is 11.7 Å². The Morgan fingerprint density at radius 2 is 2.21 bits per heavy atom. The molecule has 0 saturated heterocycles. The minimum absolute atomic E-state index is 0.160. The van der Waals surface area contributed by atoms with Gasteiger partial charge in [-0.15, -0.1) is 0 Å². The summed E-state index contributed by atoms with van der Waals surface area (Å²) in [4.78, 5) is 4.24. The second-order valence-electron chi connectivity index (χ2n) is 4.09. The smallest absolute Gasteiger partial charge is 0.335 e. The molecule has 1 aromatic rings. The van der Waals surface area contributed by atoms with E-state index in [-0.39, 0.29) is 17.3 Å². The van der Waals surface area contributed by atoms with Gasteiger partial charge in [0.15, 0.2) is 5.17 Å². The Hall–Kier alpha value is -1.68. The molecule has 2 rings (SSSR count). The summed E-state index contributed by atoms with van der Waals surface area (Å²) in [5, 5.41) is 12.1. The van der Waals surface area contributed by atoms with E-state index in [0.717, 1.165) is 17.9 Å².